The average Bonchev–Trinajstić information content (AvgIpc) is 3.39. The SMILES string of the molecule is O=C(OC(c1ccccc1)c1ccccc1)C1=C(CO)CS[C@@H]2/C(=C\c3nccs3)C(=O)N12. The van der Waals surface area contributed by atoms with Gasteiger partial charge in [-0.05, 0) is 22.8 Å². The zero-order valence-corrected chi connectivity index (χ0v) is 19.1. The van der Waals surface area contributed by atoms with E-state index in [2.05, 4.69) is 4.98 Å². The highest BCUT2D eigenvalue weighted by molar-refractivity contribution is 8.00. The summed E-state index contributed by atoms with van der Waals surface area (Å²) < 4.78 is 6.00. The molecule has 1 fully saturated rings. The quantitative estimate of drug-likeness (QED) is 0.329. The van der Waals surface area contributed by atoms with E-state index in [0.29, 0.717) is 16.9 Å². The van der Waals surface area contributed by atoms with Crippen molar-refractivity contribution in [1.82, 2.24) is 9.88 Å². The summed E-state index contributed by atoms with van der Waals surface area (Å²) in [7, 11) is 0. The van der Waals surface area contributed by atoms with Gasteiger partial charge in [0.25, 0.3) is 5.91 Å². The lowest BCUT2D eigenvalue weighted by molar-refractivity contribution is -0.149. The topological polar surface area (TPSA) is 79.7 Å². The molecule has 1 aromatic heterocycles. The van der Waals surface area contributed by atoms with Gasteiger partial charge in [0, 0.05) is 17.3 Å². The maximum atomic E-state index is 13.5. The van der Waals surface area contributed by atoms with Gasteiger partial charge in [-0.15, -0.1) is 23.1 Å². The minimum atomic E-state index is -0.637. The lowest BCUT2D eigenvalue weighted by atomic mass is 10.0. The van der Waals surface area contributed by atoms with Crippen LogP contribution in [-0.2, 0) is 14.3 Å². The number of esters is 1. The van der Waals surface area contributed by atoms with Crippen LogP contribution in [0.15, 0.2) is 89.1 Å². The Bertz CT molecular complexity index is 1180. The predicted octanol–water partition coefficient (Wildman–Crippen LogP) is 4.02. The molecule has 1 atom stereocenters. The summed E-state index contributed by atoms with van der Waals surface area (Å²) in [5.74, 6) is -0.452. The number of β-lactam (4-membered cyclic amide) rings is 1. The van der Waals surface area contributed by atoms with E-state index < -0.39 is 12.1 Å². The number of aromatic nitrogens is 1. The second-order valence-electron chi connectivity index (χ2n) is 7.53. The van der Waals surface area contributed by atoms with E-state index in [0.717, 1.165) is 16.1 Å². The molecule has 0 bridgehead atoms. The molecule has 3 heterocycles. The second-order valence-corrected chi connectivity index (χ2v) is 9.52. The average molecular weight is 477 g/mol. The molecule has 1 saturated heterocycles. The van der Waals surface area contributed by atoms with Gasteiger partial charge >= 0.3 is 5.97 Å². The summed E-state index contributed by atoms with van der Waals surface area (Å²) in [5, 5.41) is 12.2. The third-order valence-electron chi connectivity index (χ3n) is 5.50. The summed E-state index contributed by atoms with van der Waals surface area (Å²) in [6.07, 6.45) is 2.82. The van der Waals surface area contributed by atoms with Crippen molar-refractivity contribution in [2.24, 2.45) is 0 Å². The molecule has 6 nitrogen and oxygen atoms in total. The Kier molecular flexibility index (Phi) is 6.13. The zero-order chi connectivity index (χ0) is 22.8. The number of hydrogen-bond acceptors (Lipinski definition) is 7. The summed E-state index contributed by atoms with van der Waals surface area (Å²) in [6.45, 7) is -0.319. The van der Waals surface area contributed by atoms with Crippen LogP contribution in [0.4, 0.5) is 0 Å². The third kappa shape index (κ3) is 4.13. The van der Waals surface area contributed by atoms with Crippen molar-refractivity contribution in [3.8, 4) is 0 Å². The number of thiazole rings is 1. The first kappa shape index (κ1) is 21.6. The van der Waals surface area contributed by atoms with Crippen molar-refractivity contribution in [1.29, 1.82) is 0 Å². The van der Waals surface area contributed by atoms with Gasteiger partial charge in [0.15, 0.2) is 6.10 Å². The smallest absolute Gasteiger partial charge is 0.356 e. The Labute approximate surface area is 199 Å². The van der Waals surface area contributed by atoms with Gasteiger partial charge in [-0.2, -0.15) is 0 Å². The summed E-state index contributed by atoms with van der Waals surface area (Å²) in [6, 6.07) is 18.9. The molecule has 3 aromatic rings. The minimum absolute atomic E-state index is 0.138. The molecule has 2 aliphatic heterocycles. The molecule has 166 valence electrons. The largest absolute Gasteiger partial charge is 0.448 e. The van der Waals surface area contributed by atoms with E-state index in [9.17, 15) is 14.7 Å². The van der Waals surface area contributed by atoms with Crippen LogP contribution in [0.5, 0.6) is 0 Å². The van der Waals surface area contributed by atoms with Gasteiger partial charge in [-0.1, -0.05) is 60.7 Å². The molecule has 0 spiro atoms. The first-order valence-electron chi connectivity index (χ1n) is 10.4. The van der Waals surface area contributed by atoms with E-state index in [-0.39, 0.29) is 23.6 Å². The van der Waals surface area contributed by atoms with Crippen LogP contribution >= 0.6 is 23.1 Å². The Balaban J connectivity index is 1.46. The van der Waals surface area contributed by atoms with Crippen LogP contribution in [0.1, 0.15) is 22.2 Å². The molecule has 5 rings (SSSR count). The highest BCUT2D eigenvalue weighted by Crippen LogP contribution is 2.45. The first-order valence-corrected chi connectivity index (χ1v) is 12.3. The van der Waals surface area contributed by atoms with Crippen LogP contribution in [0.3, 0.4) is 0 Å². The van der Waals surface area contributed by atoms with Crippen molar-refractivity contribution >= 4 is 41.1 Å². The molecule has 0 radical (unpaired) electrons. The number of ether oxygens (including phenoxy) is 1. The zero-order valence-electron chi connectivity index (χ0n) is 17.5. The van der Waals surface area contributed by atoms with Crippen LogP contribution in [0, 0.1) is 0 Å². The van der Waals surface area contributed by atoms with E-state index in [1.54, 1.807) is 12.3 Å². The van der Waals surface area contributed by atoms with Crippen LogP contribution < -0.4 is 0 Å². The number of fused-ring (bicyclic) bond motifs is 1. The number of rotatable bonds is 6. The van der Waals surface area contributed by atoms with Crippen molar-refractivity contribution in [2.45, 2.75) is 11.5 Å². The normalized spacial score (nSPS) is 19.0. The standard InChI is InChI=1S/C25H20N2O4S2/c28-14-18-15-33-24-19(13-20-26-11-12-32-20)23(29)27(24)21(18)25(30)31-22(16-7-3-1-4-8-16)17-9-5-2-6-10-17/h1-13,22,24,28H,14-15H2/b19-13-/t24-/m1/s1. The fourth-order valence-corrected chi connectivity index (χ4v) is 5.77. The minimum Gasteiger partial charge on any atom is -0.448 e. The molecule has 1 amide bonds. The Morgan fingerprint density at radius 3 is 2.39 bits per heavy atom. The van der Waals surface area contributed by atoms with Gasteiger partial charge in [0.1, 0.15) is 16.1 Å². The van der Waals surface area contributed by atoms with Crippen LogP contribution in [-0.4, -0.2) is 44.6 Å². The molecule has 2 aromatic carbocycles. The summed E-state index contributed by atoms with van der Waals surface area (Å²) in [5.41, 5.74) is 2.87. The molecule has 33 heavy (non-hydrogen) atoms. The highest BCUT2D eigenvalue weighted by Gasteiger charge is 2.50. The van der Waals surface area contributed by atoms with E-state index in [1.807, 2.05) is 66.0 Å². The molecule has 8 heteroatoms. The number of thioether (sulfide) groups is 1. The maximum absolute atomic E-state index is 13.5. The van der Waals surface area contributed by atoms with Gasteiger partial charge in [-0.25, -0.2) is 9.78 Å². The molecule has 0 unspecified atom stereocenters. The number of benzene rings is 2. The number of aliphatic hydroxyl groups is 1. The molecule has 0 aliphatic carbocycles. The lowest BCUT2D eigenvalue weighted by Crippen LogP contribution is -2.56. The number of aliphatic hydroxyl groups excluding tert-OH is 1. The Morgan fingerprint density at radius 1 is 1.15 bits per heavy atom. The van der Waals surface area contributed by atoms with Crippen molar-refractivity contribution in [3.05, 3.63) is 105 Å². The van der Waals surface area contributed by atoms with Gasteiger partial charge in [-0.3, -0.25) is 9.69 Å². The lowest BCUT2D eigenvalue weighted by Gasteiger charge is -2.46. The highest BCUT2D eigenvalue weighted by atomic mass is 32.2. The number of carbonyl (C=O) groups is 2. The maximum Gasteiger partial charge on any atom is 0.356 e. The molecule has 0 saturated carbocycles. The Morgan fingerprint density at radius 2 is 1.82 bits per heavy atom. The molecule has 2 aliphatic rings. The van der Waals surface area contributed by atoms with Crippen LogP contribution in [0.25, 0.3) is 6.08 Å². The molecule has 1 N–H and O–H groups in total. The van der Waals surface area contributed by atoms with Gasteiger partial charge < -0.3 is 9.84 Å². The third-order valence-corrected chi connectivity index (χ3v) is 7.52. The van der Waals surface area contributed by atoms with Crippen molar-refractivity contribution in [2.75, 3.05) is 12.4 Å². The summed E-state index contributed by atoms with van der Waals surface area (Å²) >= 11 is 2.95. The fourth-order valence-electron chi connectivity index (χ4n) is 3.91. The number of carbonyl (C=O) groups excluding carboxylic acids is 2. The second kappa shape index (κ2) is 9.35. The molecular weight excluding hydrogens is 456 g/mol. The number of amides is 1. The van der Waals surface area contributed by atoms with Crippen molar-refractivity contribution < 1.29 is 19.4 Å². The van der Waals surface area contributed by atoms with Gasteiger partial charge in [0.2, 0.25) is 0 Å². The Hall–Kier alpha value is -3.20. The monoisotopic (exact) mass is 476 g/mol. The van der Waals surface area contributed by atoms with E-state index in [4.69, 9.17) is 4.74 Å². The van der Waals surface area contributed by atoms with Crippen molar-refractivity contribution in [3.63, 3.8) is 0 Å². The predicted molar refractivity (Wildman–Crippen MR) is 128 cm³/mol. The van der Waals surface area contributed by atoms with E-state index in [1.165, 1.54) is 28.0 Å². The van der Waals surface area contributed by atoms with E-state index >= 15 is 0 Å². The fraction of sp³-hybridized carbons (Fsp3) is 0.160. The number of nitrogens with zero attached hydrogens (tertiary/aromatic N) is 2. The van der Waals surface area contributed by atoms with Crippen LogP contribution in [0.2, 0.25) is 0 Å². The molecular formula is C25H20N2O4S2. The number of hydrogen-bond donors (Lipinski definition) is 1. The first-order chi connectivity index (χ1) is 16.2. The van der Waals surface area contributed by atoms with Gasteiger partial charge in [0.05, 0.1) is 12.2 Å². The summed E-state index contributed by atoms with van der Waals surface area (Å²) in [4.78, 5) is 32.1.